The number of carbonyl (C=O) groups is 2. The maximum Gasteiger partial charge on any atom is 0.316 e. The number of benzene rings is 1. The Bertz CT molecular complexity index is 459. The molecule has 2 atom stereocenters. The van der Waals surface area contributed by atoms with E-state index in [9.17, 15) is 9.59 Å². The van der Waals surface area contributed by atoms with Crippen molar-refractivity contribution in [2.75, 3.05) is 5.32 Å². The highest BCUT2D eigenvalue weighted by Crippen LogP contribution is 2.16. The van der Waals surface area contributed by atoms with Crippen LogP contribution in [-0.2, 0) is 4.79 Å². The maximum absolute atomic E-state index is 11.8. The first-order chi connectivity index (χ1) is 9.43. The molecule has 0 heterocycles. The second-order valence-corrected chi connectivity index (χ2v) is 4.74. The van der Waals surface area contributed by atoms with Crippen LogP contribution in [0.5, 0.6) is 0 Å². The number of anilines is 1. The number of carbonyl (C=O) groups excluding carboxylic acids is 2. The largest absolute Gasteiger partial charge is 0.351 e. The van der Waals surface area contributed by atoms with Crippen molar-refractivity contribution >= 4 is 17.6 Å². The zero-order valence-corrected chi connectivity index (χ0v) is 11.8. The van der Waals surface area contributed by atoms with Crippen LogP contribution >= 0.6 is 0 Å². The summed E-state index contributed by atoms with van der Waals surface area (Å²) in [4.78, 5) is 22.5. The number of rotatable bonds is 6. The van der Waals surface area contributed by atoms with Crippen molar-refractivity contribution in [3.8, 4) is 0 Å². The SMILES string of the molecule is CCC[C@H](N)C(=O)NC(C)c1ccc(NC(N)=O)cc1. The molecule has 0 spiro atoms. The topological polar surface area (TPSA) is 110 Å². The van der Waals surface area contributed by atoms with Crippen LogP contribution in [-0.4, -0.2) is 18.0 Å². The Balaban J connectivity index is 2.61. The summed E-state index contributed by atoms with van der Waals surface area (Å²) < 4.78 is 0. The van der Waals surface area contributed by atoms with Crippen LogP contribution < -0.4 is 22.1 Å². The van der Waals surface area contributed by atoms with Gasteiger partial charge in [-0.2, -0.15) is 0 Å². The quantitative estimate of drug-likeness (QED) is 0.632. The van der Waals surface area contributed by atoms with Crippen LogP contribution in [0.1, 0.15) is 38.3 Å². The Morgan fingerprint density at radius 3 is 2.35 bits per heavy atom. The first kappa shape index (κ1) is 16.0. The summed E-state index contributed by atoms with van der Waals surface area (Å²) >= 11 is 0. The highest BCUT2D eigenvalue weighted by atomic mass is 16.2. The highest BCUT2D eigenvalue weighted by molar-refractivity contribution is 5.87. The van der Waals surface area contributed by atoms with Crippen LogP contribution in [0.15, 0.2) is 24.3 Å². The average molecular weight is 278 g/mol. The fraction of sp³-hybridized carbons (Fsp3) is 0.429. The number of hydrogen-bond acceptors (Lipinski definition) is 3. The molecule has 6 nitrogen and oxygen atoms in total. The van der Waals surface area contributed by atoms with Crippen LogP contribution in [0.4, 0.5) is 10.5 Å². The van der Waals surface area contributed by atoms with Crippen LogP contribution in [0.25, 0.3) is 0 Å². The Morgan fingerprint density at radius 2 is 1.85 bits per heavy atom. The second-order valence-electron chi connectivity index (χ2n) is 4.74. The van der Waals surface area contributed by atoms with Gasteiger partial charge in [-0.05, 0) is 31.0 Å². The lowest BCUT2D eigenvalue weighted by Gasteiger charge is -2.18. The van der Waals surface area contributed by atoms with Crippen molar-refractivity contribution in [1.29, 1.82) is 0 Å². The van der Waals surface area contributed by atoms with Crippen molar-refractivity contribution in [3.63, 3.8) is 0 Å². The van der Waals surface area contributed by atoms with Crippen molar-refractivity contribution in [1.82, 2.24) is 5.32 Å². The third-order valence-corrected chi connectivity index (χ3v) is 2.97. The van der Waals surface area contributed by atoms with Gasteiger partial charge in [0.05, 0.1) is 12.1 Å². The Labute approximate surface area is 118 Å². The van der Waals surface area contributed by atoms with Crippen molar-refractivity contribution in [2.24, 2.45) is 11.5 Å². The van der Waals surface area contributed by atoms with E-state index in [0.29, 0.717) is 12.1 Å². The van der Waals surface area contributed by atoms with Gasteiger partial charge in [0.1, 0.15) is 0 Å². The van der Waals surface area contributed by atoms with Crippen LogP contribution in [0.2, 0.25) is 0 Å². The molecule has 0 radical (unpaired) electrons. The molecule has 1 aromatic rings. The maximum atomic E-state index is 11.8. The molecule has 6 N–H and O–H groups in total. The minimum atomic E-state index is -0.607. The fourth-order valence-electron chi connectivity index (χ4n) is 1.84. The first-order valence-corrected chi connectivity index (χ1v) is 6.66. The molecule has 20 heavy (non-hydrogen) atoms. The van der Waals surface area contributed by atoms with E-state index < -0.39 is 12.1 Å². The second kappa shape index (κ2) is 7.49. The smallest absolute Gasteiger partial charge is 0.316 e. The number of nitrogens with two attached hydrogens (primary N) is 2. The Morgan fingerprint density at radius 1 is 1.25 bits per heavy atom. The number of amides is 3. The molecule has 0 aromatic heterocycles. The van der Waals surface area contributed by atoms with Gasteiger partial charge in [0, 0.05) is 5.69 Å². The molecule has 1 unspecified atom stereocenters. The summed E-state index contributed by atoms with van der Waals surface area (Å²) in [5.41, 5.74) is 12.3. The van der Waals surface area contributed by atoms with Crippen molar-refractivity contribution in [2.45, 2.75) is 38.8 Å². The lowest BCUT2D eigenvalue weighted by molar-refractivity contribution is -0.123. The third-order valence-electron chi connectivity index (χ3n) is 2.97. The number of primary amides is 1. The first-order valence-electron chi connectivity index (χ1n) is 6.66. The van der Waals surface area contributed by atoms with E-state index in [1.165, 1.54) is 0 Å². The fourth-order valence-corrected chi connectivity index (χ4v) is 1.84. The van der Waals surface area contributed by atoms with Gasteiger partial charge in [-0.3, -0.25) is 4.79 Å². The number of urea groups is 1. The zero-order chi connectivity index (χ0) is 15.1. The third kappa shape index (κ3) is 4.89. The summed E-state index contributed by atoms with van der Waals surface area (Å²) in [5.74, 6) is -0.154. The minimum Gasteiger partial charge on any atom is -0.351 e. The molecule has 0 aliphatic rings. The molecule has 0 saturated carbocycles. The molecule has 6 heteroatoms. The van der Waals surface area contributed by atoms with E-state index in [0.717, 1.165) is 12.0 Å². The standard InChI is InChI=1S/C14H22N4O2/c1-3-4-12(15)13(19)17-9(2)10-5-7-11(8-6-10)18-14(16)20/h5-9,12H,3-4,15H2,1-2H3,(H,17,19)(H3,16,18,20)/t9?,12-/m0/s1. The summed E-state index contributed by atoms with van der Waals surface area (Å²) in [6.45, 7) is 3.87. The number of hydrogen-bond donors (Lipinski definition) is 4. The predicted octanol–water partition coefficient (Wildman–Crippen LogP) is 1.48. The summed E-state index contributed by atoms with van der Waals surface area (Å²) in [6, 6.07) is 5.88. The van der Waals surface area contributed by atoms with E-state index in [1.54, 1.807) is 12.1 Å². The highest BCUT2D eigenvalue weighted by Gasteiger charge is 2.15. The monoisotopic (exact) mass is 278 g/mol. The van der Waals surface area contributed by atoms with E-state index in [4.69, 9.17) is 11.5 Å². The Kier molecular flexibility index (Phi) is 5.99. The van der Waals surface area contributed by atoms with Gasteiger partial charge in [-0.25, -0.2) is 4.79 Å². The lowest BCUT2D eigenvalue weighted by Crippen LogP contribution is -2.41. The van der Waals surface area contributed by atoms with Gasteiger partial charge in [-0.1, -0.05) is 25.5 Å². The van der Waals surface area contributed by atoms with Gasteiger partial charge < -0.3 is 22.1 Å². The van der Waals surface area contributed by atoms with Crippen molar-refractivity contribution < 1.29 is 9.59 Å². The normalized spacial score (nSPS) is 13.3. The summed E-state index contributed by atoms with van der Waals surface area (Å²) in [5, 5.41) is 5.34. The molecule has 0 aliphatic carbocycles. The van der Waals surface area contributed by atoms with Gasteiger partial charge in [0.2, 0.25) is 5.91 Å². The van der Waals surface area contributed by atoms with Gasteiger partial charge in [0.15, 0.2) is 0 Å². The van der Waals surface area contributed by atoms with E-state index in [-0.39, 0.29) is 11.9 Å². The van der Waals surface area contributed by atoms with E-state index in [1.807, 2.05) is 26.0 Å². The molecule has 3 amide bonds. The van der Waals surface area contributed by atoms with Crippen LogP contribution in [0, 0.1) is 0 Å². The van der Waals surface area contributed by atoms with Crippen LogP contribution in [0.3, 0.4) is 0 Å². The molecule has 1 aromatic carbocycles. The lowest BCUT2D eigenvalue weighted by atomic mass is 10.1. The predicted molar refractivity (Wildman–Crippen MR) is 79.1 cm³/mol. The van der Waals surface area contributed by atoms with Gasteiger partial charge >= 0.3 is 6.03 Å². The summed E-state index contributed by atoms with van der Waals surface area (Å²) in [7, 11) is 0. The molecule has 110 valence electrons. The zero-order valence-electron chi connectivity index (χ0n) is 11.8. The number of nitrogens with one attached hydrogen (secondary N) is 2. The molecule has 1 rings (SSSR count). The molecule has 0 saturated heterocycles. The van der Waals surface area contributed by atoms with E-state index >= 15 is 0 Å². The molecule has 0 aliphatic heterocycles. The van der Waals surface area contributed by atoms with Gasteiger partial charge in [-0.15, -0.1) is 0 Å². The summed E-state index contributed by atoms with van der Waals surface area (Å²) in [6.07, 6.45) is 1.54. The van der Waals surface area contributed by atoms with E-state index in [2.05, 4.69) is 10.6 Å². The van der Waals surface area contributed by atoms with Crippen molar-refractivity contribution in [3.05, 3.63) is 29.8 Å². The average Bonchev–Trinajstić information content (AvgIpc) is 2.39. The molecular weight excluding hydrogens is 256 g/mol. The van der Waals surface area contributed by atoms with Gasteiger partial charge in [0.25, 0.3) is 0 Å². The molecule has 0 fully saturated rings. The molecular formula is C14H22N4O2. The minimum absolute atomic E-state index is 0.145. The Hall–Kier alpha value is -2.08. The molecule has 0 bridgehead atoms.